The van der Waals surface area contributed by atoms with Crippen LogP contribution in [0.2, 0.25) is 0 Å². The van der Waals surface area contributed by atoms with E-state index in [0.717, 1.165) is 0 Å². The molecular weight excluding hydrogens is 173 g/mol. The van der Waals surface area contributed by atoms with Gasteiger partial charge in [-0.25, -0.2) is 4.79 Å². The first-order chi connectivity index (χ1) is 5.38. The van der Waals surface area contributed by atoms with Crippen LogP contribution in [0, 0.1) is 5.92 Å². The molecule has 1 fully saturated rings. The number of alkyl halides is 3. The monoisotopic (exact) mass is 182 g/mol. The van der Waals surface area contributed by atoms with E-state index in [9.17, 15) is 18.0 Å². The highest BCUT2D eigenvalue weighted by Gasteiger charge is 2.38. The highest BCUT2D eigenvalue weighted by Crippen LogP contribution is 2.29. The van der Waals surface area contributed by atoms with Gasteiger partial charge in [0.05, 0.1) is 0 Å². The molecule has 1 rings (SSSR count). The smallest absolute Gasteiger partial charge is 0.351 e. The minimum atomic E-state index is -4.13. The highest BCUT2D eigenvalue weighted by molar-refractivity contribution is 5.72. The van der Waals surface area contributed by atoms with Crippen molar-refractivity contribution in [3.8, 4) is 0 Å². The summed E-state index contributed by atoms with van der Waals surface area (Å²) < 4.78 is 35.2. The van der Waals surface area contributed by atoms with Crippen molar-refractivity contribution in [1.82, 2.24) is 4.90 Å². The number of urea groups is 1. The van der Waals surface area contributed by atoms with Crippen LogP contribution >= 0.6 is 0 Å². The zero-order valence-electron chi connectivity index (χ0n) is 6.27. The molecule has 0 bridgehead atoms. The number of primary amides is 1. The lowest BCUT2D eigenvalue weighted by Gasteiger charge is -2.38. The molecule has 1 aliphatic rings. The van der Waals surface area contributed by atoms with Crippen molar-refractivity contribution in [1.29, 1.82) is 0 Å². The van der Waals surface area contributed by atoms with Crippen LogP contribution < -0.4 is 5.73 Å². The Hall–Kier alpha value is -0.940. The van der Waals surface area contributed by atoms with Gasteiger partial charge in [0.2, 0.25) is 0 Å². The molecular formula is C6H9F3N2O. The van der Waals surface area contributed by atoms with Crippen LogP contribution in [0.3, 0.4) is 0 Å². The molecule has 0 aromatic heterocycles. The normalized spacial score (nSPS) is 19.1. The maximum Gasteiger partial charge on any atom is 0.389 e. The summed E-state index contributed by atoms with van der Waals surface area (Å²) in [6.45, 7) is 0.268. The minimum absolute atomic E-state index is 0.134. The van der Waals surface area contributed by atoms with Gasteiger partial charge in [0.15, 0.2) is 0 Å². The largest absolute Gasteiger partial charge is 0.389 e. The molecule has 6 heteroatoms. The summed E-state index contributed by atoms with van der Waals surface area (Å²) in [5.41, 5.74) is 4.83. The molecule has 0 atom stereocenters. The van der Waals surface area contributed by atoms with Crippen molar-refractivity contribution >= 4 is 6.03 Å². The number of carbonyl (C=O) groups excluding carboxylic acids is 1. The molecule has 3 nitrogen and oxygen atoms in total. The first kappa shape index (κ1) is 9.15. The van der Waals surface area contributed by atoms with Crippen LogP contribution in [0.1, 0.15) is 6.42 Å². The van der Waals surface area contributed by atoms with E-state index < -0.39 is 24.5 Å². The number of nitrogens with zero attached hydrogens (tertiary/aromatic N) is 1. The SMILES string of the molecule is NC(=O)N1CC(CC(F)(F)F)C1. The van der Waals surface area contributed by atoms with Crippen molar-refractivity contribution in [3.63, 3.8) is 0 Å². The fraction of sp³-hybridized carbons (Fsp3) is 0.833. The number of hydrogen-bond acceptors (Lipinski definition) is 1. The Morgan fingerprint density at radius 3 is 2.33 bits per heavy atom. The van der Waals surface area contributed by atoms with Gasteiger partial charge in [0, 0.05) is 25.4 Å². The molecule has 1 aliphatic heterocycles. The first-order valence-electron chi connectivity index (χ1n) is 3.49. The van der Waals surface area contributed by atoms with E-state index in [-0.39, 0.29) is 13.1 Å². The van der Waals surface area contributed by atoms with E-state index in [2.05, 4.69) is 0 Å². The average Bonchev–Trinajstić information content (AvgIpc) is 1.74. The molecule has 0 aromatic rings. The molecule has 0 saturated carbocycles. The van der Waals surface area contributed by atoms with Crippen molar-refractivity contribution in [2.75, 3.05) is 13.1 Å². The predicted molar refractivity (Wildman–Crippen MR) is 35.3 cm³/mol. The number of amides is 2. The van der Waals surface area contributed by atoms with Crippen LogP contribution in [0.5, 0.6) is 0 Å². The molecule has 12 heavy (non-hydrogen) atoms. The fourth-order valence-corrected chi connectivity index (χ4v) is 1.21. The van der Waals surface area contributed by atoms with Gasteiger partial charge in [-0.15, -0.1) is 0 Å². The summed E-state index contributed by atoms with van der Waals surface area (Å²) in [7, 11) is 0. The Bertz CT molecular complexity index is 186. The summed E-state index contributed by atoms with van der Waals surface area (Å²) >= 11 is 0. The molecule has 1 heterocycles. The van der Waals surface area contributed by atoms with E-state index in [1.807, 2.05) is 0 Å². The maximum absolute atomic E-state index is 11.7. The average molecular weight is 182 g/mol. The summed E-state index contributed by atoms with van der Waals surface area (Å²) in [6.07, 6.45) is -4.95. The second kappa shape index (κ2) is 2.84. The summed E-state index contributed by atoms with van der Waals surface area (Å²) in [4.78, 5) is 11.6. The second-order valence-electron chi connectivity index (χ2n) is 2.93. The molecule has 70 valence electrons. The van der Waals surface area contributed by atoms with Crippen LogP contribution in [-0.4, -0.2) is 30.2 Å². The van der Waals surface area contributed by atoms with Crippen LogP contribution in [0.4, 0.5) is 18.0 Å². The number of nitrogens with two attached hydrogens (primary N) is 1. The Kier molecular flexibility index (Phi) is 2.16. The summed E-state index contributed by atoms with van der Waals surface area (Å²) in [6, 6.07) is -0.645. The number of likely N-dealkylation sites (tertiary alicyclic amines) is 1. The first-order valence-corrected chi connectivity index (χ1v) is 3.49. The Morgan fingerprint density at radius 1 is 1.50 bits per heavy atom. The third-order valence-electron chi connectivity index (χ3n) is 1.79. The van der Waals surface area contributed by atoms with Crippen molar-refractivity contribution in [3.05, 3.63) is 0 Å². The quantitative estimate of drug-likeness (QED) is 0.644. The standard InChI is InChI=1S/C6H9F3N2O/c7-6(8,9)1-4-2-11(3-4)5(10)12/h4H,1-3H2,(H2,10,12). The molecule has 2 N–H and O–H groups in total. The number of hydrogen-bond donors (Lipinski definition) is 1. The van der Waals surface area contributed by atoms with E-state index in [0.29, 0.717) is 0 Å². The van der Waals surface area contributed by atoms with Gasteiger partial charge >= 0.3 is 12.2 Å². The lowest BCUT2D eigenvalue weighted by molar-refractivity contribution is -0.153. The Balaban J connectivity index is 2.22. The zero-order chi connectivity index (χ0) is 9.35. The topological polar surface area (TPSA) is 46.3 Å². The maximum atomic E-state index is 11.7. The van der Waals surface area contributed by atoms with Gasteiger partial charge in [-0.05, 0) is 0 Å². The van der Waals surface area contributed by atoms with Gasteiger partial charge in [0.25, 0.3) is 0 Å². The molecule has 0 radical (unpaired) electrons. The summed E-state index contributed by atoms with van der Waals surface area (Å²) in [5.74, 6) is -0.461. The van der Waals surface area contributed by atoms with E-state index in [1.54, 1.807) is 0 Å². The molecule has 0 aromatic carbocycles. The van der Waals surface area contributed by atoms with Gasteiger partial charge in [0.1, 0.15) is 0 Å². The lowest BCUT2D eigenvalue weighted by Crippen LogP contribution is -2.53. The van der Waals surface area contributed by atoms with Crippen LogP contribution in [-0.2, 0) is 0 Å². The number of carbonyl (C=O) groups is 1. The fourth-order valence-electron chi connectivity index (χ4n) is 1.21. The van der Waals surface area contributed by atoms with Gasteiger partial charge < -0.3 is 10.6 Å². The predicted octanol–water partition coefficient (Wildman–Crippen LogP) is 0.949. The van der Waals surface area contributed by atoms with Crippen LogP contribution in [0.15, 0.2) is 0 Å². The van der Waals surface area contributed by atoms with E-state index in [1.165, 1.54) is 4.90 Å². The third-order valence-corrected chi connectivity index (χ3v) is 1.79. The molecule has 0 spiro atoms. The van der Waals surface area contributed by atoms with Gasteiger partial charge in [-0.2, -0.15) is 13.2 Å². The zero-order valence-corrected chi connectivity index (χ0v) is 6.27. The number of halogens is 3. The Labute approximate surface area is 67.3 Å². The number of rotatable bonds is 1. The van der Waals surface area contributed by atoms with Crippen molar-refractivity contribution in [2.24, 2.45) is 11.7 Å². The second-order valence-corrected chi connectivity index (χ2v) is 2.93. The Morgan fingerprint density at radius 2 is 2.00 bits per heavy atom. The third kappa shape index (κ3) is 2.28. The molecule has 0 unspecified atom stereocenters. The molecule has 1 saturated heterocycles. The highest BCUT2D eigenvalue weighted by atomic mass is 19.4. The summed E-state index contributed by atoms with van der Waals surface area (Å²) in [5, 5.41) is 0. The van der Waals surface area contributed by atoms with E-state index in [4.69, 9.17) is 5.73 Å². The van der Waals surface area contributed by atoms with Gasteiger partial charge in [-0.3, -0.25) is 0 Å². The molecule has 2 amide bonds. The molecule has 0 aliphatic carbocycles. The van der Waals surface area contributed by atoms with Gasteiger partial charge in [-0.1, -0.05) is 0 Å². The van der Waals surface area contributed by atoms with Crippen LogP contribution in [0.25, 0.3) is 0 Å². The minimum Gasteiger partial charge on any atom is -0.351 e. The lowest BCUT2D eigenvalue weighted by atomic mass is 9.97. The van der Waals surface area contributed by atoms with Crippen molar-refractivity contribution < 1.29 is 18.0 Å². The van der Waals surface area contributed by atoms with Crippen molar-refractivity contribution in [2.45, 2.75) is 12.6 Å². The van der Waals surface area contributed by atoms with E-state index >= 15 is 0 Å².